The van der Waals surface area contributed by atoms with E-state index in [1.54, 1.807) is 10.6 Å². The van der Waals surface area contributed by atoms with Crippen molar-refractivity contribution in [3.63, 3.8) is 0 Å². The molecular formula is C23H17BrF3N5O2S. The fourth-order valence-corrected chi connectivity index (χ4v) is 4.89. The topological polar surface area (TPSA) is 88.1 Å². The van der Waals surface area contributed by atoms with Crippen LogP contribution in [0.25, 0.3) is 11.2 Å². The highest BCUT2D eigenvalue weighted by molar-refractivity contribution is 9.10. The first-order chi connectivity index (χ1) is 16.8. The Morgan fingerprint density at radius 3 is 2.74 bits per heavy atom. The van der Waals surface area contributed by atoms with E-state index < -0.39 is 18.0 Å². The van der Waals surface area contributed by atoms with E-state index in [-0.39, 0.29) is 5.82 Å². The number of thioether (sulfide) groups is 1. The lowest BCUT2D eigenvalue weighted by molar-refractivity contribution is -0.137. The van der Waals surface area contributed by atoms with Crippen LogP contribution in [0, 0.1) is 0 Å². The van der Waals surface area contributed by atoms with E-state index in [1.807, 2.05) is 24.3 Å². The lowest BCUT2D eigenvalue weighted by Crippen LogP contribution is -2.08. The molecule has 0 radical (unpaired) electrons. The van der Waals surface area contributed by atoms with Crippen molar-refractivity contribution >= 4 is 44.7 Å². The average molecular weight is 564 g/mol. The summed E-state index contributed by atoms with van der Waals surface area (Å²) in [4.78, 5) is 12.9. The largest absolute Gasteiger partial charge is 0.454 e. The van der Waals surface area contributed by atoms with Crippen LogP contribution < -0.4 is 5.73 Å². The molecule has 3 heterocycles. The summed E-state index contributed by atoms with van der Waals surface area (Å²) in [6.07, 6.45) is -1.88. The number of nitrogens with zero attached hydrogens (tertiary/aromatic N) is 4. The van der Waals surface area contributed by atoms with Crippen LogP contribution in [0.15, 0.2) is 75.8 Å². The number of rotatable bonds is 6. The molecule has 12 heteroatoms. The van der Waals surface area contributed by atoms with Crippen LogP contribution in [-0.4, -0.2) is 19.5 Å². The summed E-state index contributed by atoms with van der Waals surface area (Å²) < 4.78 is 53.6. The predicted molar refractivity (Wildman–Crippen MR) is 128 cm³/mol. The van der Waals surface area contributed by atoms with Crippen LogP contribution in [0.4, 0.5) is 19.0 Å². The Bertz CT molecular complexity index is 1430. The average Bonchev–Trinajstić information content (AvgIpc) is 3.43. The van der Waals surface area contributed by atoms with Gasteiger partial charge in [0.1, 0.15) is 12.6 Å². The van der Waals surface area contributed by atoms with Gasteiger partial charge in [-0.3, -0.25) is 0 Å². The molecule has 7 nitrogen and oxygen atoms in total. The third kappa shape index (κ3) is 4.94. The number of hydrogen-bond donors (Lipinski definition) is 1. The Balaban J connectivity index is 1.40. The van der Waals surface area contributed by atoms with Crippen molar-refractivity contribution < 1.29 is 22.6 Å². The van der Waals surface area contributed by atoms with Crippen LogP contribution in [0.3, 0.4) is 0 Å². The summed E-state index contributed by atoms with van der Waals surface area (Å²) in [7, 11) is 0. The molecule has 0 amide bonds. The second-order valence-electron chi connectivity index (χ2n) is 7.57. The number of ether oxygens (including phenoxy) is 2. The van der Waals surface area contributed by atoms with E-state index in [0.29, 0.717) is 39.9 Å². The highest BCUT2D eigenvalue weighted by Gasteiger charge is 2.30. The van der Waals surface area contributed by atoms with E-state index >= 15 is 0 Å². The fraction of sp³-hybridized carbons (Fsp3) is 0.174. The van der Waals surface area contributed by atoms with Crippen LogP contribution in [0.5, 0.6) is 0 Å². The van der Waals surface area contributed by atoms with Gasteiger partial charge in [-0.2, -0.15) is 13.2 Å². The molecule has 1 aliphatic heterocycles. The minimum absolute atomic E-state index is 0.207. The Hall–Kier alpha value is -3.25. The van der Waals surface area contributed by atoms with Gasteiger partial charge in [-0.05, 0) is 35.9 Å². The molecule has 1 unspecified atom stereocenters. The summed E-state index contributed by atoms with van der Waals surface area (Å²) in [6.45, 7) is 0.318. The van der Waals surface area contributed by atoms with Gasteiger partial charge in [0.15, 0.2) is 22.1 Å². The molecule has 1 atom stereocenters. The molecule has 0 bridgehead atoms. The van der Waals surface area contributed by atoms with Crippen molar-refractivity contribution in [1.82, 2.24) is 19.5 Å². The van der Waals surface area contributed by atoms with Crippen molar-refractivity contribution in [2.75, 3.05) is 5.73 Å². The van der Waals surface area contributed by atoms with Crippen LogP contribution in [0.2, 0.25) is 0 Å². The lowest BCUT2D eigenvalue weighted by atomic mass is 10.1. The number of nitrogens with two attached hydrogens (primary N) is 1. The first kappa shape index (κ1) is 23.5. The zero-order valence-electron chi connectivity index (χ0n) is 17.9. The van der Waals surface area contributed by atoms with Crippen molar-refractivity contribution in [3.8, 4) is 0 Å². The first-order valence-electron chi connectivity index (χ1n) is 10.4. The van der Waals surface area contributed by atoms with Crippen molar-refractivity contribution in [1.29, 1.82) is 0 Å². The van der Waals surface area contributed by atoms with Crippen LogP contribution in [0.1, 0.15) is 23.0 Å². The van der Waals surface area contributed by atoms with Crippen molar-refractivity contribution in [2.24, 2.45) is 0 Å². The molecule has 35 heavy (non-hydrogen) atoms. The molecule has 0 saturated carbocycles. The zero-order chi connectivity index (χ0) is 24.6. The molecule has 4 aromatic rings. The van der Waals surface area contributed by atoms with Gasteiger partial charge < -0.3 is 19.8 Å². The first-order valence-corrected chi connectivity index (χ1v) is 12.0. The third-order valence-corrected chi connectivity index (χ3v) is 6.88. The van der Waals surface area contributed by atoms with Crippen LogP contribution in [-0.2, 0) is 28.6 Å². The van der Waals surface area contributed by atoms with Gasteiger partial charge in [-0.25, -0.2) is 15.0 Å². The van der Waals surface area contributed by atoms with Gasteiger partial charge in [0.05, 0.1) is 5.56 Å². The third-order valence-electron chi connectivity index (χ3n) is 5.27. The summed E-state index contributed by atoms with van der Waals surface area (Å²) in [5.74, 6) is 0.207. The molecule has 5 rings (SSSR count). The van der Waals surface area contributed by atoms with E-state index in [2.05, 4.69) is 30.9 Å². The normalized spacial score (nSPS) is 15.7. The van der Waals surface area contributed by atoms with E-state index in [0.717, 1.165) is 22.2 Å². The molecule has 2 aromatic carbocycles. The molecule has 180 valence electrons. The van der Waals surface area contributed by atoms with Gasteiger partial charge in [-0.1, -0.05) is 52.3 Å². The molecule has 1 aliphatic rings. The van der Waals surface area contributed by atoms with Crippen molar-refractivity contribution in [3.05, 3.63) is 87.4 Å². The SMILES string of the molecule is Nc1ncnc2c1nc(SC1=COC(c3ccccc3Br)O1)n2CCc1cccc(C(F)(F)F)c1. The second-order valence-corrected chi connectivity index (χ2v) is 9.40. The van der Waals surface area contributed by atoms with Gasteiger partial charge in [0.2, 0.25) is 5.09 Å². The fourth-order valence-electron chi connectivity index (χ4n) is 3.58. The van der Waals surface area contributed by atoms with Gasteiger partial charge in [-0.15, -0.1) is 0 Å². The minimum Gasteiger partial charge on any atom is -0.454 e. The number of aryl methyl sites for hydroxylation is 2. The Morgan fingerprint density at radius 2 is 1.94 bits per heavy atom. The van der Waals surface area contributed by atoms with Crippen molar-refractivity contribution in [2.45, 2.75) is 30.6 Å². The molecule has 0 saturated heterocycles. The monoisotopic (exact) mass is 563 g/mol. The summed E-state index contributed by atoms with van der Waals surface area (Å²) in [5.41, 5.74) is 7.56. The van der Waals surface area contributed by atoms with Gasteiger partial charge >= 0.3 is 6.18 Å². The number of halogens is 4. The molecule has 0 fully saturated rings. The van der Waals surface area contributed by atoms with Crippen LogP contribution >= 0.6 is 27.7 Å². The Kier molecular flexibility index (Phi) is 6.32. The maximum atomic E-state index is 13.1. The Labute approximate surface area is 210 Å². The number of alkyl halides is 3. The van der Waals surface area contributed by atoms with Gasteiger partial charge in [0.25, 0.3) is 6.29 Å². The maximum Gasteiger partial charge on any atom is 0.416 e. The molecule has 2 aromatic heterocycles. The standard InChI is InChI=1S/C23H17BrF3N5O2S/c24-16-7-2-1-6-15(16)21-33-11-17(34-21)35-22-31-18-19(28)29-12-30-20(18)32(22)9-8-13-4-3-5-14(10-13)23(25,26)27/h1-7,10-12,21H,8-9H2,(H2,28,29,30). The molecule has 0 spiro atoms. The smallest absolute Gasteiger partial charge is 0.416 e. The number of fused-ring (bicyclic) bond motifs is 1. The number of anilines is 1. The highest BCUT2D eigenvalue weighted by atomic mass is 79.9. The van der Waals surface area contributed by atoms with Gasteiger partial charge in [0, 0.05) is 16.6 Å². The minimum atomic E-state index is -4.41. The number of benzene rings is 2. The zero-order valence-corrected chi connectivity index (χ0v) is 20.3. The number of aromatic nitrogens is 4. The molecular weight excluding hydrogens is 547 g/mol. The maximum absolute atomic E-state index is 13.1. The summed E-state index contributed by atoms with van der Waals surface area (Å²) in [5, 5.41) is 0.967. The Morgan fingerprint density at radius 1 is 1.11 bits per heavy atom. The quantitative estimate of drug-likeness (QED) is 0.304. The number of imidazole rings is 1. The summed E-state index contributed by atoms with van der Waals surface area (Å²) in [6, 6.07) is 12.8. The van der Waals surface area contributed by atoms with E-state index in [1.165, 1.54) is 30.4 Å². The molecule has 2 N–H and O–H groups in total. The lowest BCUT2D eigenvalue weighted by Gasteiger charge is -2.13. The number of nitrogen functional groups attached to an aromatic ring is 1. The van der Waals surface area contributed by atoms with E-state index in [4.69, 9.17) is 15.2 Å². The molecule has 0 aliphatic carbocycles. The highest BCUT2D eigenvalue weighted by Crippen LogP contribution is 2.40. The number of hydrogen-bond acceptors (Lipinski definition) is 7. The van der Waals surface area contributed by atoms with E-state index in [9.17, 15) is 13.2 Å². The predicted octanol–water partition coefficient (Wildman–Crippen LogP) is 6.07. The summed E-state index contributed by atoms with van der Waals surface area (Å²) >= 11 is 4.70. The second kappa shape index (κ2) is 9.42.